The van der Waals surface area contributed by atoms with Gasteiger partial charge in [-0.3, -0.25) is 4.98 Å². The lowest BCUT2D eigenvalue weighted by atomic mass is 10.00. The number of benzene rings is 1. The first-order valence-electron chi connectivity index (χ1n) is 5.72. The van der Waals surface area contributed by atoms with Crippen molar-refractivity contribution in [1.29, 1.82) is 0 Å². The van der Waals surface area contributed by atoms with Gasteiger partial charge in [0, 0.05) is 12.3 Å². The minimum absolute atomic E-state index is 0.00880. The number of nitrogens with zero attached hydrogens (tertiary/aromatic N) is 1. The maximum atomic E-state index is 9.45. The number of aromatic nitrogens is 1. The molecule has 0 saturated heterocycles. The minimum atomic E-state index is -0.00880. The van der Waals surface area contributed by atoms with Crippen molar-refractivity contribution in [2.75, 3.05) is 0 Å². The van der Waals surface area contributed by atoms with E-state index in [9.17, 15) is 5.11 Å². The highest BCUT2D eigenvalue weighted by atomic mass is 16.5. The van der Waals surface area contributed by atoms with Crippen LogP contribution in [-0.2, 0) is 6.42 Å². The van der Waals surface area contributed by atoms with Crippen molar-refractivity contribution >= 4 is 0 Å². The largest absolute Gasteiger partial charge is 0.508 e. The van der Waals surface area contributed by atoms with E-state index in [-0.39, 0.29) is 11.9 Å². The Kier molecular flexibility index (Phi) is 2.44. The van der Waals surface area contributed by atoms with Crippen molar-refractivity contribution in [1.82, 2.24) is 4.98 Å². The molecule has 1 aromatic heterocycles. The van der Waals surface area contributed by atoms with Crippen LogP contribution in [-0.4, -0.2) is 10.1 Å². The zero-order valence-corrected chi connectivity index (χ0v) is 9.34. The Labute approximate surface area is 99.7 Å². The fraction of sp³-hybridized carbons (Fsp3) is 0.214. The predicted molar refractivity (Wildman–Crippen MR) is 64.0 cm³/mol. The molecule has 0 fully saturated rings. The molecule has 1 atom stereocenters. The van der Waals surface area contributed by atoms with E-state index in [1.54, 1.807) is 18.3 Å². The summed E-state index contributed by atoms with van der Waals surface area (Å²) in [6.07, 6.45) is 3.65. The lowest BCUT2D eigenvalue weighted by Crippen LogP contribution is -2.15. The van der Waals surface area contributed by atoms with Gasteiger partial charge in [-0.05, 0) is 36.6 Å². The fourth-order valence-electron chi connectivity index (χ4n) is 2.13. The quantitative estimate of drug-likeness (QED) is 0.814. The fourth-order valence-corrected chi connectivity index (χ4v) is 2.13. The molecule has 1 aliphatic heterocycles. The number of phenols is 1. The number of aromatic hydroxyl groups is 1. The predicted octanol–water partition coefficient (Wildman–Crippen LogP) is 2.85. The number of ether oxygens (including phenoxy) is 1. The maximum absolute atomic E-state index is 9.45. The van der Waals surface area contributed by atoms with Crippen LogP contribution in [0.1, 0.15) is 23.8 Å². The highest BCUT2D eigenvalue weighted by Gasteiger charge is 2.22. The standard InChI is InChI=1S/C14H13NO2/c16-11-6-4-10-5-7-13(17-14(10)9-11)12-3-1-2-8-15-12/h1-4,6,8-9,13,16H,5,7H2. The molecule has 1 aromatic carbocycles. The molecule has 0 radical (unpaired) electrons. The Morgan fingerprint density at radius 3 is 3.00 bits per heavy atom. The summed E-state index contributed by atoms with van der Waals surface area (Å²) in [5, 5.41) is 9.45. The van der Waals surface area contributed by atoms with Crippen LogP contribution in [0.2, 0.25) is 0 Å². The third-order valence-electron chi connectivity index (χ3n) is 3.01. The Balaban J connectivity index is 1.90. The average Bonchev–Trinajstić information content (AvgIpc) is 2.39. The van der Waals surface area contributed by atoms with Gasteiger partial charge >= 0.3 is 0 Å². The van der Waals surface area contributed by atoms with Crippen molar-refractivity contribution in [3.05, 3.63) is 53.9 Å². The Bertz CT molecular complexity index is 525. The third kappa shape index (κ3) is 1.96. The second-order valence-corrected chi connectivity index (χ2v) is 4.19. The van der Waals surface area contributed by atoms with Gasteiger partial charge in [-0.15, -0.1) is 0 Å². The summed E-state index contributed by atoms with van der Waals surface area (Å²) in [6, 6.07) is 11.1. The molecule has 3 nitrogen and oxygen atoms in total. The van der Waals surface area contributed by atoms with E-state index in [1.165, 1.54) is 0 Å². The van der Waals surface area contributed by atoms with Gasteiger partial charge < -0.3 is 9.84 Å². The maximum Gasteiger partial charge on any atom is 0.141 e. The first kappa shape index (κ1) is 10.1. The van der Waals surface area contributed by atoms with E-state index in [2.05, 4.69) is 4.98 Å². The molecule has 17 heavy (non-hydrogen) atoms. The molecule has 2 aromatic rings. The summed E-state index contributed by atoms with van der Waals surface area (Å²) in [7, 11) is 0. The van der Waals surface area contributed by atoms with Crippen LogP contribution in [0.25, 0.3) is 0 Å². The monoisotopic (exact) mass is 227 g/mol. The second-order valence-electron chi connectivity index (χ2n) is 4.19. The summed E-state index contributed by atoms with van der Waals surface area (Å²) in [4.78, 5) is 4.31. The van der Waals surface area contributed by atoms with Gasteiger partial charge in [0.1, 0.15) is 17.6 Å². The summed E-state index contributed by atoms with van der Waals surface area (Å²) in [5.74, 6) is 1.01. The summed E-state index contributed by atoms with van der Waals surface area (Å²) >= 11 is 0. The van der Waals surface area contributed by atoms with Crippen LogP contribution < -0.4 is 4.74 Å². The van der Waals surface area contributed by atoms with Crippen molar-refractivity contribution in [2.24, 2.45) is 0 Å². The molecule has 0 saturated carbocycles. The molecule has 3 rings (SSSR count). The average molecular weight is 227 g/mol. The zero-order valence-electron chi connectivity index (χ0n) is 9.34. The molecule has 3 heteroatoms. The molecule has 0 amide bonds. The Morgan fingerprint density at radius 2 is 2.18 bits per heavy atom. The van der Waals surface area contributed by atoms with E-state index in [0.717, 1.165) is 29.8 Å². The van der Waals surface area contributed by atoms with Gasteiger partial charge in [0.2, 0.25) is 0 Å². The molecule has 0 bridgehead atoms. The number of rotatable bonds is 1. The molecule has 86 valence electrons. The molecule has 1 unspecified atom stereocenters. The first-order chi connectivity index (χ1) is 8.33. The smallest absolute Gasteiger partial charge is 0.141 e. The molecular formula is C14H13NO2. The molecule has 2 heterocycles. The molecule has 0 aliphatic carbocycles. The van der Waals surface area contributed by atoms with Gasteiger partial charge in [-0.1, -0.05) is 12.1 Å². The number of pyridine rings is 1. The van der Waals surface area contributed by atoms with Gasteiger partial charge in [0.25, 0.3) is 0 Å². The molecule has 0 spiro atoms. The number of phenolic OH excluding ortho intramolecular Hbond substituents is 1. The van der Waals surface area contributed by atoms with E-state index in [1.807, 2.05) is 24.3 Å². The SMILES string of the molecule is Oc1ccc2c(c1)OC(c1ccccn1)CC2. The van der Waals surface area contributed by atoms with Crippen LogP contribution in [0.3, 0.4) is 0 Å². The van der Waals surface area contributed by atoms with Crippen LogP contribution in [0.4, 0.5) is 0 Å². The van der Waals surface area contributed by atoms with E-state index < -0.39 is 0 Å². The molecule has 1 aliphatic rings. The van der Waals surface area contributed by atoms with Crippen molar-refractivity contribution < 1.29 is 9.84 Å². The topological polar surface area (TPSA) is 42.4 Å². The third-order valence-corrected chi connectivity index (χ3v) is 3.01. The van der Waals surface area contributed by atoms with Crippen molar-refractivity contribution in [3.63, 3.8) is 0 Å². The highest BCUT2D eigenvalue weighted by molar-refractivity contribution is 5.41. The normalized spacial score (nSPS) is 18.2. The van der Waals surface area contributed by atoms with Crippen molar-refractivity contribution in [3.8, 4) is 11.5 Å². The molecular weight excluding hydrogens is 214 g/mol. The van der Waals surface area contributed by atoms with Gasteiger partial charge in [0.15, 0.2) is 0 Å². The molecule has 1 N–H and O–H groups in total. The number of fused-ring (bicyclic) bond motifs is 1. The highest BCUT2D eigenvalue weighted by Crippen LogP contribution is 2.35. The van der Waals surface area contributed by atoms with Gasteiger partial charge in [0.05, 0.1) is 5.69 Å². The van der Waals surface area contributed by atoms with Crippen LogP contribution in [0, 0.1) is 0 Å². The van der Waals surface area contributed by atoms with Crippen LogP contribution >= 0.6 is 0 Å². The minimum Gasteiger partial charge on any atom is -0.508 e. The number of aryl methyl sites for hydroxylation is 1. The van der Waals surface area contributed by atoms with Crippen LogP contribution in [0.5, 0.6) is 11.5 Å². The second kappa shape index (κ2) is 4.09. The lowest BCUT2D eigenvalue weighted by molar-refractivity contribution is 0.171. The van der Waals surface area contributed by atoms with Gasteiger partial charge in [-0.25, -0.2) is 0 Å². The summed E-state index contributed by atoms with van der Waals surface area (Å²) in [5.41, 5.74) is 2.09. The summed E-state index contributed by atoms with van der Waals surface area (Å²) in [6.45, 7) is 0. The van der Waals surface area contributed by atoms with Crippen LogP contribution in [0.15, 0.2) is 42.6 Å². The first-order valence-corrected chi connectivity index (χ1v) is 5.72. The van der Waals surface area contributed by atoms with Gasteiger partial charge in [-0.2, -0.15) is 0 Å². The van der Waals surface area contributed by atoms with E-state index in [4.69, 9.17) is 4.74 Å². The zero-order chi connectivity index (χ0) is 11.7. The number of hydrogen-bond acceptors (Lipinski definition) is 3. The Hall–Kier alpha value is -2.03. The Morgan fingerprint density at radius 1 is 1.24 bits per heavy atom. The lowest BCUT2D eigenvalue weighted by Gasteiger charge is -2.25. The van der Waals surface area contributed by atoms with E-state index in [0.29, 0.717) is 0 Å². The van der Waals surface area contributed by atoms with Crippen molar-refractivity contribution in [2.45, 2.75) is 18.9 Å². The summed E-state index contributed by atoms with van der Waals surface area (Å²) < 4.78 is 5.88. The number of hydrogen-bond donors (Lipinski definition) is 1. The van der Waals surface area contributed by atoms with E-state index >= 15 is 0 Å².